The molecule has 0 amide bonds. The van der Waals surface area contributed by atoms with Crippen molar-refractivity contribution in [2.75, 3.05) is 0 Å². The van der Waals surface area contributed by atoms with Crippen molar-refractivity contribution in [2.45, 2.75) is 68.7 Å². The number of aromatic nitrogens is 1. The molecule has 3 aliphatic rings. The van der Waals surface area contributed by atoms with E-state index >= 15 is 0 Å². The monoisotopic (exact) mass is 345 g/mol. The zero-order valence-electron chi connectivity index (χ0n) is 14.7. The second-order valence-electron chi connectivity index (χ2n) is 8.03. The highest BCUT2D eigenvalue weighted by atomic mass is 32.2. The Bertz CT molecular complexity index is 697. The Morgan fingerprint density at radius 2 is 1.88 bits per heavy atom. The van der Waals surface area contributed by atoms with Crippen molar-refractivity contribution < 1.29 is 13.5 Å². The van der Waals surface area contributed by atoms with Crippen LogP contribution < -0.4 is 5.46 Å². The molecule has 4 nitrogen and oxygen atoms in total. The third kappa shape index (κ3) is 2.59. The second-order valence-corrected chi connectivity index (χ2v) is 9.96. The highest BCUT2D eigenvalue weighted by Crippen LogP contribution is 2.38. The standard InChI is InChI=1S/C18H24BNO3S/c1-17(2)18(3,4)23-19(22-17)13-5-8-16(20-11-13)12-9-14-6-7-15(10-12)24(14)21/h5,8-9,11,14-15H,6-7,10H2,1-4H3. The van der Waals surface area contributed by atoms with Crippen molar-refractivity contribution in [2.24, 2.45) is 0 Å². The second kappa shape index (κ2) is 5.51. The molecule has 2 bridgehead atoms. The fraction of sp³-hybridized carbons (Fsp3) is 0.611. The topological polar surface area (TPSA) is 48.4 Å². The molecule has 3 aliphatic heterocycles. The summed E-state index contributed by atoms with van der Waals surface area (Å²) in [6.07, 6.45) is 7.03. The van der Waals surface area contributed by atoms with Gasteiger partial charge >= 0.3 is 7.12 Å². The van der Waals surface area contributed by atoms with E-state index in [0.717, 1.165) is 30.4 Å². The van der Waals surface area contributed by atoms with E-state index in [1.165, 1.54) is 5.57 Å². The van der Waals surface area contributed by atoms with Crippen molar-refractivity contribution in [1.29, 1.82) is 0 Å². The average Bonchev–Trinajstić information content (AvgIpc) is 2.87. The van der Waals surface area contributed by atoms with Gasteiger partial charge in [0.15, 0.2) is 0 Å². The maximum absolute atomic E-state index is 12.1. The first-order valence-electron chi connectivity index (χ1n) is 8.69. The lowest BCUT2D eigenvalue weighted by Gasteiger charge is -2.32. The Balaban J connectivity index is 1.54. The lowest BCUT2D eigenvalue weighted by atomic mass is 9.80. The van der Waals surface area contributed by atoms with Crippen LogP contribution in [0.15, 0.2) is 24.4 Å². The van der Waals surface area contributed by atoms with Gasteiger partial charge in [-0.1, -0.05) is 12.1 Å². The van der Waals surface area contributed by atoms with Gasteiger partial charge in [0, 0.05) is 27.7 Å². The quantitative estimate of drug-likeness (QED) is 0.773. The number of hydrogen-bond donors (Lipinski definition) is 0. The molecule has 0 radical (unpaired) electrons. The molecular formula is C18H24BNO3S. The molecule has 3 atom stereocenters. The minimum atomic E-state index is -0.681. The predicted molar refractivity (Wildman–Crippen MR) is 97.5 cm³/mol. The van der Waals surface area contributed by atoms with E-state index in [2.05, 4.69) is 38.8 Å². The van der Waals surface area contributed by atoms with Crippen molar-refractivity contribution in [3.8, 4) is 0 Å². The third-order valence-corrected chi connectivity index (χ3v) is 7.90. The summed E-state index contributed by atoms with van der Waals surface area (Å²) in [7, 11) is -1.06. The van der Waals surface area contributed by atoms with E-state index in [0.29, 0.717) is 5.25 Å². The summed E-state index contributed by atoms with van der Waals surface area (Å²) in [5.41, 5.74) is 2.49. The van der Waals surface area contributed by atoms with Gasteiger partial charge in [0.2, 0.25) is 0 Å². The Morgan fingerprint density at radius 3 is 2.46 bits per heavy atom. The van der Waals surface area contributed by atoms with Crippen LogP contribution >= 0.6 is 0 Å². The summed E-state index contributed by atoms with van der Waals surface area (Å²) >= 11 is 0. The Hall–Kier alpha value is -0.975. The smallest absolute Gasteiger partial charge is 0.399 e. The molecule has 4 rings (SSSR count). The van der Waals surface area contributed by atoms with Crippen molar-refractivity contribution in [3.63, 3.8) is 0 Å². The summed E-state index contributed by atoms with van der Waals surface area (Å²) in [4.78, 5) is 4.64. The third-order valence-electron chi connectivity index (χ3n) is 5.88. The maximum atomic E-state index is 12.1. The summed E-state index contributed by atoms with van der Waals surface area (Å²) < 4.78 is 24.3. The van der Waals surface area contributed by atoms with E-state index in [4.69, 9.17) is 9.31 Å². The summed E-state index contributed by atoms with van der Waals surface area (Å²) in [6.45, 7) is 8.21. The molecule has 128 valence electrons. The number of fused-ring (bicyclic) bond motifs is 2. The maximum Gasteiger partial charge on any atom is 0.496 e. The largest absolute Gasteiger partial charge is 0.496 e. The zero-order chi connectivity index (χ0) is 17.1. The fourth-order valence-corrected chi connectivity index (χ4v) is 5.48. The highest BCUT2D eigenvalue weighted by Gasteiger charge is 2.51. The van der Waals surface area contributed by atoms with Crippen LogP contribution in [0.1, 0.15) is 52.7 Å². The number of hydrogen-bond acceptors (Lipinski definition) is 4. The fourth-order valence-electron chi connectivity index (χ4n) is 3.61. The zero-order valence-corrected chi connectivity index (χ0v) is 15.6. The normalized spacial score (nSPS) is 33.6. The number of allylic oxidation sites excluding steroid dienone is 1. The molecule has 24 heavy (non-hydrogen) atoms. The Labute approximate surface area is 146 Å². The van der Waals surface area contributed by atoms with E-state index in [9.17, 15) is 4.21 Å². The van der Waals surface area contributed by atoms with Gasteiger partial charge in [-0.15, -0.1) is 0 Å². The molecule has 1 aromatic rings. The van der Waals surface area contributed by atoms with Crippen LogP contribution in [0.2, 0.25) is 0 Å². The van der Waals surface area contributed by atoms with E-state index < -0.39 is 10.8 Å². The average molecular weight is 345 g/mol. The first kappa shape index (κ1) is 16.5. The lowest BCUT2D eigenvalue weighted by molar-refractivity contribution is 0.00578. The molecule has 3 unspecified atom stereocenters. The SMILES string of the molecule is CC1(C)OB(c2ccc(C3=CC4CCC(C3)S4=O)nc2)OC1(C)C. The van der Waals surface area contributed by atoms with Gasteiger partial charge in [-0.3, -0.25) is 9.19 Å². The van der Waals surface area contributed by atoms with E-state index in [-0.39, 0.29) is 23.6 Å². The number of rotatable bonds is 2. The number of nitrogens with zero attached hydrogens (tertiary/aromatic N) is 1. The molecule has 0 aliphatic carbocycles. The van der Waals surface area contributed by atoms with E-state index in [1.807, 2.05) is 18.3 Å². The van der Waals surface area contributed by atoms with Gasteiger partial charge in [-0.25, -0.2) is 0 Å². The summed E-state index contributed by atoms with van der Waals surface area (Å²) in [6, 6.07) is 4.08. The van der Waals surface area contributed by atoms with Crippen LogP contribution in [-0.2, 0) is 20.1 Å². The number of pyridine rings is 1. The summed E-state index contributed by atoms with van der Waals surface area (Å²) in [5.74, 6) is 0. The van der Waals surface area contributed by atoms with Gasteiger partial charge in [-0.2, -0.15) is 0 Å². The van der Waals surface area contributed by atoms with Crippen molar-refractivity contribution >= 4 is 29.0 Å². The molecule has 0 saturated carbocycles. The lowest BCUT2D eigenvalue weighted by Crippen LogP contribution is -2.41. The van der Waals surface area contributed by atoms with Gasteiger partial charge < -0.3 is 9.31 Å². The first-order valence-corrected chi connectivity index (χ1v) is 9.96. The van der Waals surface area contributed by atoms with Crippen LogP contribution in [0.3, 0.4) is 0 Å². The van der Waals surface area contributed by atoms with Crippen LogP contribution in [-0.4, -0.2) is 38.0 Å². The van der Waals surface area contributed by atoms with E-state index in [1.54, 1.807) is 0 Å². The molecule has 2 saturated heterocycles. The molecule has 0 spiro atoms. The van der Waals surface area contributed by atoms with Crippen LogP contribution in [0, 0.1) is 0 Å². The van der Waals surface area contributed by atoms with Crippen LogP contribution in [0.25, 0.3) is 5.57 Å². The van der Waals surface area contributed by atoms with Gasteiger partial charge in [-0.05, 0) is 58.6 Å². The van der Waals surface area contributed by atoms with Gasteiger partial charge in [0.1, 0.15) is 0 Å². The molecule has 0 N–H and O–H groups in total. The van der Waals surface area contributed by atoms with Crippen LogP contribution in [0.5, 0.6) is 0 Å². The minimum Gasteiger partial charge on any atom is -0.399 e. The minimum absolute atomic E-state index is 0.225. The molecule has 2 fully saturated rings. The van der Waals surface area contributed by atoms with Crippen molar-refractivity contribution in [1.82, 2.24) is 4.98 Å². The first-order chi connectivity index (χ1) is 11.3. The molecule has 6 heteroatoms. The molecule has 1 aromatic heterocycles. The molecule has 4 heterocycles. The molecular weight excluding hydrogens is 321 g/mol. The molecule has 0 aromatic carbocycles. The summed E-state index contributed by atoms with van der Waals surface area (Å²) in [5, 5.41) is 0.544. The van der Waals surface area contributed by atoms with Gasteiger partial charge in [0.25, 0.3) is 0 Å². The highest BCUT2D eigenvalue weighted by molar-refractivity contribution is 7.86. The predicted octanol–water partition coefficient (Wildman–Crippen LogP) is 2.45. The van der Waals surface area contributed by atoms with Gasteiger partial charge in [0.05, 0.1) is 22.1 Å². The van der Waals surface area contributed by atoms with Crippen LogP contribution in [0.4, 0.5) is 0 Å². The van der Waals surface area contributed by atoms with Crippen molar-refractivity contribution in [3.05, 3.63) is 30.1 Å². The Kier molecular flexibility index (Phi) is 3.79. The Morgan fingerprint density at radius 1 is 1.17 bits per heavy atom.